The van der Waals surface area contributed by atoms with Gasteiger partial charge in [-0.3, -0.25) is 4.79 Å². The smallest absolute Gasteiger partial charge is 0.252 e. The molecule has 0 aliphatic carbocycles. The van der Waals surface area contributed by atoms with Crippen LogP contribution < -0.4 is 15.2 Å². The molecule has 1 amide bonds. The molecule has 0 bridgehead atoms. The molecule has 2 aromatic carbocycles. The van der Waals surface area contributed by atoms with Gasteiger partial charge in [0.15, 0.2) is 0 Å². The Hall–Kier alpha value is -2.49. The fourth-order valence-corrected chi connectivity index (χ4v) is 2.21. The van der Waals surface area contributed by atoms with E-state index in [-0.39, 0.29) is 5.41 Å². The topological polar surface area (TPSA) is 61.5 Å². The molecule has 0 aliphatic heterocycles. The standard InChI is InChI=1S/C19H23NO3/c1-19(2,3)14-7-5-13(6-8-14)12-23-17-11-15(22-4)9-10-16(17)18(20)21/h5-11H,12H2,1-4H3,(H2,20,21). The van der Waals surface area contributed by atoms with Crippen molar-refractivity contribution in [2.24, 2.45) is 5.73 Å². The minimum atomic E-state index is -0.522. The van der Waals surface area contributed by atoms with Crippen LogP contribution in [0, 0.1) is 0 Å². The predicted molar refractivity (Wildman–Crippen MR) is 91.0 cm³/mol. The van der Waals surface area contributed by atoms with Gasteiger partial charge in [-0.1, -0.05) is 45.0 Å². The molecule has 4 nitrogen and oxygen atoms in total. The second-order valence-electron chi connectivity index (χ2n) is 6.46. The van der Waals surface area contributed by atoms with Crippen LogP contribution in [0.1, 0.15) is 42.3 Å². The van der Waals surface area contributed by atoms with Gasteiger partial charge >= 0.3 is 0 Å². The highest BCUT2D eigenvalue weighted by Gasteiger charge is 2.14. The minimum absolute atomic E-state index is 0.116. The Morgan fingerprint density at radius 2 is 1.74 bits per heavy atom. The van der Waals surface area contributed by atoms with Gasteiger partial charge in [0.2, 0.25) is 0 Å². The number of hydrogen-bond acceptors (Lipinski definition) is 3. The molecule has 0 aromatic heterocycles. The molecular formula is C19H23NO3. The van der Waals surface area contributed by atoms with E-state index >= 15 is 0 Å². The first-order valence-electron chi connectivity index (χ1n) is 7.51. The number of nitrogens with two attached hydrogens (primary N) is 1. The van der Waals surface area contributed by atoms with Gasteiger partial charge in [-0.15, -0.1) is 0 Å². The van der Waals surface area contributed by atoms with Crippen molar-refractivity contribution in [2.75, 3.05) is 7.11 Å². The third-order valence-electron chi connectivity index (χ3n) is 3.67. The summed E-state index contributed by atoms with van der Waals surface area (Å²) in [5, 5.41) is 0. The Labute approximate surface area is 137 Å². The summed E-state index contributed by atoms with van der Waals surface area (Å²) in [7, 11) is 1.56. The van der Waals surface area contributed by atoms with Crippen molar-refractivity contribution in [3.63, 3.8) is 0 Å². The first-order chi connectivity index (χ1) is 10.8. The van der Waals surface area contributed by atoms with Gasteiger partial charge in [0, 0.05) is 6.07 Å². The second-order valence-corrected chi connectivity index (χ2v) is 6.46. The summed E-state index contributed by atoms with van der Waals surface area (Å²) in [5.74, 6) is 0.524. The summed E-state index contributed by atoms with van der Waals surface area (Å²) in [6.07, 6.45) is 0. The third kappa shape index (κ3) is 4.25. The highest BCUT2D eigenvalue weighted by molar-refractivity contribution is 5.95. The van der Waals surface area contributed by atoms with Gasteiger partial charge < -0.3 is 15.2 Å². The molecule has 4 heteroatoms. The van der Waals surface area contributed by atoms with Crippen LogP contribution >= 0.6 is 0 Å². The largest absolute Gasteiger partial charge is 0.497 e. The van der Waals surface area contributed by atoms with Crippen molar-refractivity contribution in [1.82, 2.24) is 0 Å². The van der Waals surface area contributed by atoms with Crippen molar-refractivity contribution in [1.29, 1.82) is 0 Å². The number of carbonyl (C=O) groups is 1. The first kappa shape index (κ1) is 16.9. The molecule has 2 aromatic rings. The molecule has 23 heavy (non-hydrogen) atoms. The number of hydrogen-bond donors (Lipinski definition) is 1. The van der Waals surface area contributed by atoms with E-state index < -0.39 is 5.91 Å². The Morgan fingerprint density at radius 1 is 1.09 bits per heavy atom. The van der Waals surface area contributed by atoms with E-state index in [2.05, 4.69) is 32.9 Å². The number of rotatable bonds is 5. The van der Waals surface area contributed by atoms with E-state index in [9.17, 15) is 4.79 Å². The molecule has 0 radical (unpaired) electrons. The van der Waals surface area contributed by atoms with Crippen LogP contribution in [0.5, 0.6) is 11.5 Å². The zero-order valence-electron chi connectivity index (χ0n) is 14.1. The fourth-order valence-electron chi connectivity index (χ4n) is 2.21. The zero-order valence-corrected chi connectivity index (χ0v) is 14.1. The van der Waals surface area contributed by atoms with E-state index in [1.807, 2.05) is 12.1 Å². The maximum absolute atomic E-state index is 11.5. The maximum Gasteiger partial charge on any atom is 0.252 e. The van der Waals surface area contributed by atoms with Crippen LogP contribution in [0.2, 0.25) is 0 Å². The molecule has 2 N–H and O–H groups in total. The lowest BCUT2D eigenvalue weighted by atomic mass is 9.87. The molecule has 0 saturated carbocycles. The number of ether oxygens (including phenoxy) is 2. The minimum Gasteiger partial charge on any atom is -0.497 e. The van der Waals surface area contributed by atoms with Crippen LogP contribution in [-0.4, -0.2) is 13.0 Å². The molecule has 0 unspecified atom stereocenters. The van der Waals surface area contributed by atoms with Gasteiger partial charge in [-0.05, 0) is 28.7 Å². The third-order valence-corrected chi connectivity index (χ3v) is 3.67. The Kier molecular flexibility index (Phi) is 4.94. The summed E-state index contributed by atoms with van der Waals surface area (Å²) < 4.78 is 10.9. The van der Waals surface area contributed by atoms with Gasteiger partial charge in [0.05, 0.1) is 12.7 Å². The Morgan fingerprint density at radius 3 is 2.26 bits per heavy atom. The monoisotopic (exact) mass is 313 g/mol. The van der Waals surface area contributed by atoms with E-state index in [1.165, 1.54) is 5.56 Å². The van der Waals surface area contributed by atoms with Crippen molar-refractivity contribution in [3.8, 4) is 11.5 Å². The van der Waals surface area contributed by atoms with E-state index in [0.717, 1.165) is 5.56 Å². The highest BCUT2D eigenvalue weighted by atomic mass is 16.5. The lowest BCUT2D eigenvalue weighted by Crippen LogP contribution is -2.13. The molecule has 0 aliphatic rings. The predicted octanol–water partition coefficient (Wildman–Crippen LogP) is 3.67. The average molecular weight is 313 g/mol. The van der Waals surface area contributed by atoms with Crippen molar-refractivity contribution in [3.05, 3.63) is 59.2 Å². The van der Waals surface area contributed by atoms with Crippen LogP contribution in [0.25, 0.3) is 0 Å². The van der Waals surface area contributed by atoms with Gasteiger partial charge in [0.1, 0.15) is 18.1 Å². The number of methoxy groups -OCH3 is 1. The normalized spacial score (nSPS) is 11.1. The molecule has 0 saturated heterocycles. The van der Waals surface area contributed by atoms with E-state index in [1.54, 1.807) is 25.3 Å². The number of primary amides is 1. The number of benzene rings is 2. The van der Waals surface area contributed by atoms with Crippen LogP contribution in [0.15, 0.2) is 42.5 Å². The van der Waals surface area contributed by atoms with Crippen LogP contribution in [0.4, 0.5) is 0 Å². The zero-order chi connectivity index (χ0) is 17.0. The highest BCUT2D eigenvalue weighted by Crippen LogP contribution is 2.26. The van der Waals surface area contributed by atoms with Crippen LogP contribution in [0.3, 0.4) is 0 Å². The summed E-state index contributed by atoms with van der Waals surface area (Å²) in [6, 6.07) is 13.2. The summed E-state index contributed by atoms with van der Waals surface area (Å²) >= 11 is 0. The first-order valence-corrected chi connectivity index (χ1v) is 7.51. The van der Waals surface area contributed by atoms with Gasteiger partial charge in [-0.2, -0.15) is 0 Å². The maximum atomic E-state index is 11.5. The molecule has 0 heterocycles. The number of carbonyl (C=O) groups excluding carboxylic acids is 1. The molecule has 2 rings (SSSR count). The Balaban J connectivity index is 2.15. The lowest BCUT2D eigenvalue weighted by molar-refractivity contribution is 0.0996. The second kappa shape index (κ2) is 6.73. The molecule has 0 spiro atoms. The average Bonchev–Trinajstić information content (AvgIpc) is 2.52. The lowest BCUT2D eigenvalue weighted by Gasteiger charge is -2.19. The summed E-state index contributed by atoms with van der Waals surface area (Å²) in [5.41, 5.74) is 8.13. The van der Waals surface area contributed by atoms with E-state index in [0.29, 0.717) is 23.7 Å². The van der Waals surface area contributed by atoms with Crippen molar-refractivity contribution in [2.45, 2.75) is 32.8 Å². The van der Waals surface area contributed by atoms with E-state index in [4.69, 9.17) is 15.2 Å². The molecular weight excluding hydrogens is 290 g/mol. The van der Waals surface area contributed by atoms with Gasteiger partial charge in [0.25, 0.3) is 5.91 Å². The summed E-state index contributed by atoms with van der Waals surface area (Å²) in [4.78, 5) is 11.5. The SMILES string of the molecule is COc1ccc(C(N)=O)c(OCc2ccc(C(C)(C)C)cc2)c1. The van der Waals surface area contributed by atoms with Crippen molar-refractivity contribution < 1.29 is 14.3 Å². The molecule has 0 atom stereocenters. The van der Waals surface area contributed by atoms with Crippen molar-refractivity contribution >= 4 is 5.91 Å². The summed E-state index contributed by atoms with van der Waals surface area (Å²) in [6.45, 7) is 6.88. The fraction of sp³-hybridized carbons (Fsp3) is 0.316. The molecule has 0 fully saturated rings. The van der Waals surface area contributed by atoms with Crippen LogP contribution in [-0.2, 0) is 12.0 Å². The quantitative estimate of drug-likeness (QED) is 0.916. The molecule has 122 valence electrons. The van der Waals surface area contributed by atoms with Gasteiger partial charge in [-0.25, -0.2) is 0 Å². The Bertz CT molecular complexity index is 685. The number of amides is 1.